The van der Waals surface area contributed by atoms with Crippen molar-refractivity contribution >= 4 is 21.7 Å². The molecule has 10 heteroatoms. The Balaban J connectivity index is 2.08. The van der Waals surface area contributed by atoms with Crippen LogP contribution in [-0.2, 0) is 10.0 Å². The Labute approximate surface area is 131 Å². The van der Waals surface area contributed by atoms with Gasteiger partial charge in [-0.3, -0.25) is 4.31 Å². The third kappa shape index (κ3) is 4.50. The Morgan fingerprint density at radius 1 is 1.26 bits per heavy atom. The lowest BCUT2D eigenvalue weighted by molar-refractivity contribution is 0.241. The van der Waals surface area contributed by atoms with Crippen LogP contribution in [-0.4, -0.2) is 39.8 Å². The fraction of sp³-hybridized carbons (Fsp3) is 0.462. The normalized spacial score (nSPS) is 14.4. The SMILES string of the molecule is CS(=O)(=O)N(CCNC(=O)NC1CC1)c1ccc(F)c(F)c1F. The molecule has 0 radical (unpaired) electrons. The van der Waals surface area contributed by atoms with Crippen molar-refractivity contribution in [1.82, 2.24) is 10.6 Å². The van der Waals surface area contributed by atoms with Crippen LogP contribution in [0.25, 0.3) is 0 Å². The molecule has 1 fully saturated rings. The topological polar surface area (TPSA) is 78.5 Å². The molecule has 23 heavy (non-hydrogen) atoms. The average molecular weight is 351 g/mol. The lowest BCUT2D eigenvalue weighted by Crippen LogP contribution is -2.42. The van der Waals surface area contributed by atoms with Gasteiger partial charge in [-0.25, -0.2) is 26.4 Å². The number of urea groups is 1. The highest BCUT2D eigenvalue weighted by molar-refractivity contribution is 7.92. The first-order chi connectivity index (χ1) is 10.7. The van der Waals surface area contributed by atoms with Crippen LogP contribution in [0.2, 0.25) is 0 Å². The van der Waals surface area contributed by atoms with E-state index in [1.54, 1.807) is 0 Å². The lowest BCUT2D eigenvalue weighted by atomic mass is 10.3. The van der Waals surface area contributed by atoms with Gasteiger partial charge in [-0.05, 0) is 25.0 Å². The van der Waals surface area contributed by atoms with Crippen LogP contribution in [0, 0.1) is 17.5 Å². The quantitative estimate of drug-likeness (QED) is 0.759. The summed E-state index contributed by atoms with van der Waals surface area (Å²) in [5.74, 6) is -4.77. The second kappa shape index (κ2) is 6.65. The first-order valence-corrected chi connectivity index (χ1v) is 8.70. The number of halogens is 3. The van der Waals surface area contributed by atoms with Crippen molar-refractivity contribution in [2.45, 2.75) is 18.9 Å². The second-order valence-corrected chi connectivity index (χ2v) is 7.11. The number of carbonyl (C=O) groups excluding carboxylic acids is 1. The van der Waals surface area contributed by atoms with Crippen LogP contribution in [0.3, 0.4) is 0 Å². The highest BCUT2D eigenvalue weighted by Crippen LogP contribution is 2.25. The monoisotopic (exact) mass is 351 g/mol. The molecule has 1 aliphatic carbocycles. The van der Waals surface area contributed by atoms with Gasteiger partial charge in [0.2, 0.25) is 10.0 Å². The number of anilines is 1. The molecule has 0 unspecified atom stereocenters. The lowest BCUT2D eigenvalue weighted by Gasteiger charge is -2.23. The molecule has 0 saturated heterocycles. The summed E-state index contributed by atoms with van der Waals surface area (Å²) in [4.78, 5) is 11.5. The zero-order valence-electron chi connectivity index (χ0n) is 12.3. The summed E-state index contributed by atoms with van der Waals surface area (Å²) >= 11 is 0. The summed E-state index contributed by atoms with van der Waals surface area (Å²) < 4.78 is 64.1. The van der Waals surface area contributed by atoms with Crippen molar-refractivity contribution in [3.05, 3.63) is 29.6 Å². The third-order valence-electron chi connectivity index (χ3n) is 3.20. The number of nitrogens with zero attached hydrogens (tertiary/aromatic N) is 1. The molecular formula is C13H16F3N3O3S. The van der Waals surface area contributed by atoms with Gasteiger partial charge < -0.3 is 10.6 Å². The molecule has 0 bridgehead atoms. The molecule has 128 valence electrons. The predicted molar refractivity (Wildman–Crippen MR) is 78.1 cm³/mol. The number of hydrogen-bond acceptors (Lipinski definition) is 3. The van der Waals surface area contributed by atoms with E-state index in [-0.39, 0.29) is 19.1 Å². The third-order valence-corrected chi connectivity index (χ3v) is 4.38. The molecule has 0 aliphatic heterocycles. The molecule has 0 spiro atoms. The molecule has 2 amide bonds. The Hall–Kier alpha value is -1.97. The highest BCUT2D eigenvalue weighted by Gasteiger charge is 2.25. The van der Waals surface area contributed by atoms with Gasteiger partial charge in [0.25, 0.3) is 0 Å². The van der Waals surface area contributed by atoms with Crippen LogP contribution >= 0.6 is 0 Å². The van der Waals surface area contributed by atoms with Gasteiger partial charge in [0, 0.05) is 12.6 Å². The first-order valence-electron chi connectivity index (χ1n) is 6.85. The Kier molecular flexibility index (Phi) is 5.03. The van der Waals surface area contributed by atoms with E-state index < -0.39 is 39.2 Å². The maximum atomic E-state index is 13.8. The van der Waals surface area contributed by atoms with E-state index in [9.17, 15) is 26.4 Å². The van der Waals surface area contributed by atoms with Crippen molar-refractivity contribution in [3.8, 4) is 0 Å². The molecule has 2 rings (SSSR count). The van der Waals surface area contributed by atoms with Crippen molar-refractivity contribution in [3.63, 3.8) is 0 Å². The molecule has 6 nitrogen and oxygen atoms in total. The first kappa shape index (κ1) is 17.4. The van der Waals surface area contributed by atoms with E-state index in [0.717, 1.165) is 25.2 Å². The summed E-state index contributed by atoms with van der Waals surface area (Å²) in [7, 11) is -3.95. The van der Waals surface area contributed by atoms with Crippen molar-refractivity contribution in [1.29, 1.82) is 0 Å². The predicted octanol–water partition coefficient (Wildman–Crippen LogP) is 1.33. The van der Waals surface area contributed by atoms with Crippen LogP contribution < -0.4 is 14.9 Å². The zero-order chi connectivity index (χ0) is 17.2. The zero-order valence-corrected chi connectivity index (χ0v) is 13.1. The van der Waals surface area contributed by atoms with Crippen LogP contribution in [0.4, 0.5) is 23.7 Å². The smallest absolute Gasteiger partial charge is 0.315 e. The largest absolute Gasteiger partial charge is 0.336 e. The van der Waals surface area contributed by atoms with Crippen molar-refractivity contribution in [2.24, 2.45) is 0 Å². The molecule has 0 aromatic heterocycles. The van der Waals surface area contributed by atoms with E-state index in [1.807, 2.05) is 0 Å². The van der Waals surface area contributed by atoms with Crippen LogP contribution in [0.5, 0.6) is 0 Å². The molecular weight excluding hydrogens is 335 g/mol. The van der Waals surface area contributed by atoms with Crippen molar-refractivity contribution in [2.75, 3.05) is 23.7 Å². The van der Waals surface area contributed by atoms with E-state index >= 15 is 0 Å². The van der Waals surface area contributed by atoms with Gasteiger partial charge in [-0.15, -0.1) is 0 Å². The highest BCUT2D eigenvalue weighted by atomic mass is 32.2. The maximum absolute atomic E-state index is 13.8. The van der Waals surface area contributed by atoms with E-state index in [1.165, 1.54) is 0 Å². The molecule has 1 saturated carbocycles. The molecule has 0 atom stereocenters. The number of rotatable bonds is 6. The standard InChI is InChI=1S/C13H16F3N3O3S/c1-23(21,22)19(7-6-17-13(20)18-8-2-3-8)10-5-4-9(14)11(15)12(10)16/h4-5,8H,2-3,6-7H2,1H3,(H2,17,18,20). The summed E-state index contributed by atoms with van der Waals surface area (Å²) in [5.41, 5.74) is -0.615. The number of amides is 2. The Morgan fingerprint density at radius 3 is 2.48 bits per heavy atom. The van der Waals surface area contributed by atoms with Gasteiger partial charge in [-0.1, -0.05) is 0 Å². The van der Waals surface area contributed by atoms with E-state index in [4.69, 9.17) is 0 Å². The summed E-state index contributed by atoms with van der Waals surface area (Å²) in [6.07, 6.45) is 2.59. The van der Waals surface area contributed by atoms with Gasteiger partial charge >= 0.3 is 6.03 Å². The number of sulfonamides is 1. The fourth-order valence-corrected chi connectivity index (χ4v) is 2.83. The van der Waals surface area contributed by atoms with E-state index in [2.05, 4.69) is 10.6 Å². The summed E-state index contributed by atoms with van der Waals surface area (Å²) in [5, 5.41) is 5.06. The minimum atomic E-state index is -3.95. The average Bonchev–Trinajstić information content (AvgIpc) is 3.25. The summed E-state index contributed by atoms with van der Waals surface area (Å²) in [6, 6.07) is 1.13. The Morgan fingerprint density at radius 2 is 1.91 bits per heavy atom. The fourth-order valence-electron chi connectivity index (χ4n) is 1.91. The van der Waals surface area contributed by atoms with Crippen LogP contribution in [0.1, 0.15) is 12.8 Å². The second-order valence-electron chi connectivity index (χ2n) is 5.20. The minimum absolute atomic E-state index is 0.121. The maximum Gasteiger partial charge on any atom is 0.315 e. The van der Waals surface area contributed by atoms with Crippen LogP contribution in [0.15, 0.2) is 12.1 Å². The van der Waals surface area contributed by atoms with E-state index in [0.29, 0.717) is 10.4 Å². The molecule has 2 N–H and O–H groups in total. The number of carbonyl (C=O) groups is 1. The van der Waals surface area contributed by atoms with Crippen molar-refractivity contribution < 1.29 is 26.4 Å². The van der Waals surface area contributed by atoms with Gasteiger partial charge in [0.15, 0.2) is 17.5 Å². The number of nitrogens with one attached hydrogen (secondary N) is 2. The molecule has 1 aliphatic rings. The van der Waals surface area contributed by atoms with Gasteiger partial charge in [-0.2, -0.15) is 0 Å². The molecule has 0 heterocycles. The number of benzene rings is 1. The Bertz CT molecular complexity index is 708. The minimum Gasteiger partial charge on any atom is -0.336 e. The summed E-state index contributed by atoms with van der Waals surface area (Å²) in [6.45, 7) is -0.441. The number of hydrogen-bond donors (Lipinski definition) is 2. The molecule has 1 aromatic carbocycles. The molecule has 1 aromatic rings. The van der Waals surface area contributed by atoms with Gasteiger partial charge in [0.1, 0.15) is 0 Å². The van der Waals surface area contributed by atoms with Gasteiger partial charge in [0.05, 0.1) is 18.5 Å².